The van der Waals surface area contributed by atoms with Crippen LogP contribution >= 0.6 is 0 Å². The molecule has 90 valence electrons. The molecule has 1 aliphatic carbocycles. The highest BCUT2D eigenvalue weighted by molar-refractivity contribution is 5.21. The summed E-state index contributed by atoms with van der Waals surface area (Å²) in [5, 5.41) is 0. The third kappa shape index (κ3) is 9.51. The van der Waals surface area contributed by atoms with Gasteiger partial charge in [0, 0.05) is 0 Å². The van der Waals surface area contributed by atoms with Gasteiger partial charge in [0.2, 0.25) is 0 Å². The Bertz CT molecular complexity index is 239. The second-order valence-electron chi connectivity index (χ2n) is 4.15. The molecule has 0 saturated heterocycles. The minimum absolute atomic E-state index is 1.03. The predicted octanol–water partition coefficient (Wildman–Crippen LogP) is 5.45. The summed E-state index contributed by atoms with van der Waals surface area (Å²) in [5.41, 5.74) is 1.38. The standard InChI is InChI=1S/C12H18.C4H8/c1-3-5-6-11(4-2)7-8-12-9-10-12;1-3-4-2/h3-6,12H,2,7-10H2,1H3;3H,1,4H2,2H3/b5-3-,11-6+;. The van der Waals surface area contributed by atoms with Gasteiger partial charge < -0.3 is 0 Å². The maximum Gasteiger partial charge on any atom is -0.0276 e. The highest BCUT2D eigenvalue weighted by Gasteiger charge is 2.20. The van der Waals surface area contributed by atoms with Crippen LogP contribution < -0.4 is 0 Å². The fourth-order valence-electron chi connectivity index (χ4n) is 1.25. The van der Waals surface area contributed by atoms with Gasteiger partial charge >= 0.3 is 0 Å². The fraction of sp³-hybridized carbons (Fsp3) is 0.500. The van der Waals surface area contributed by atoms with Crippen molar-refractivity contribution in [3.05, 3.63) is 49.1 Å². The quantitative estimate of drug-likeness (QED) is 0.411. The van der Waals surface area contributed by atoms with Gasteiger partial charge in [-0.05, 0) is 37.7 Å². The Kier molecular flexibility index (Phi) is 9.80. The normalized spacial score (nSPS) is 15.5. The van der Waals surface area contributed by atoms with Crippen molar-refractivity contribution in [1.29, 1.82) is 0 Å². The molecule has 0 aliphatic heterocycles. The van der Waals surface area contributed by atoms with Crippen LogP contribution in [0.1, 0.15) is 46.0 Å². The van der Waals surface area contributed by atoms with Crippen LogP contribution in [0.25, 0.3) is 0 Å². The van der Waals surface area contributed by atoms with E-state index in [1.165, 1.54) is 31.3 Å². The van der Waals surface area contributed by atoms with Crippen LogP contribution in [-0.4, -0.2) is 0 Å². The second-order valence-corrected chi connectivity index (χ2v) is 4.15. The molecule has 0 aromatic heterocycles. The molecule has 0 spiro atoms. The second kappa shape index (κ2) is 10.5. The summed E-state index contributed by atoms with van der Waals surface area (Å²) in [5.74, 6) is 1.03. The zero-order valence-electron chi connectivity index (χ0n) is 10.9. The van der Waals surface area contributed by atoms with Gasteiger partial charge in [-0.2, -0.15) is 0 Å². The summed E-state index contributed by atoms with van der Waals surface area (Å²) in [4.78, 5) is 0. The Hall–Kier alpha value is -1.04. The Morgan fingerprint density at radius 1 is 1.31 bits per heavy atom. The molecule has 0 N–H and O–H groups in total. The molecule has 1 saturated carbocycles. The Morgan fingerprint density at radius 3 is 2.31 bits per heavy atom. The molecule has 1 fully saturated rings. The smallest absolute Gasteiger partial charge is 0.0276 e. The van der Waals surface area contributed by atoms with Crippen molar-refractivity contribution in [1.82, 2.24) is 0 Å². The van der Waals surface area contributed by atoms with E-state index in [0.717, 1.165) is 12.3 Å². The van der Waals surface area contributed by atoms with E-state index in [2.05, 4.69) is 38.3 Å². The van der Waals surface area contributed by atoms with Gasteiger partial charge in [0.05, 0.1) is 0 Å². The Balaban J connectivity index is 0.000000487. The molecule has 0 amide bonds. The molecule has 0 atom stereocenters. The summed E-state index contributed by atoms with van der Waals surface area (Å²) in [6.07, 6.45) is 16.7. The van der Waals surface area contributed by atoms with Crippen LogP contribution in [0.5, 0.6) is 0 Å². The first-order valence-electron chi connectivity index (χ1n) is 6.33. The highest BCUT2D eigenvalue weighted by atomic mass is 14.3. The van der Waals surface area contributed by atoms with Gasteiger partial charge in [0.25, 0.3) is 0 Å². The third-order valence-electron chi connectivity index (χ3n) is 2.59. The Morgan fingerprint density at radius 2 is 1.94 bits per heavy atom. The van der Waals surface area contributed by atoms with Gasteiger partial charge in [-0.1, -0.05) is 56.7 Å². The van der Waals surface area contributed by atoms with E-state index in [1.54, 1.807) is 0 Å². The zero-order chi connectivity index (χ0) is 12.2. The first-order chi connectivity index (χ1) is 7.78. The summed E-state index contributed by atoms with van der Waals surface area (Å²) < 4.78 is 0. The minimum atomic E-state index is 1.03. The van der Waals surface area contributed by atoms with Gasteiger partial charge in [-0.15, -0.1) is 6.58 Å². The lowest BCUT2D eigenvalue weighted by atomic mass is 10.1. The lowest BCUT2D eigenvalue weighted by Crippen LogP contribution is -1.80. The van der Waals surface area contributed by atoms with Gasteiger partial charge in [-0.3, -0.25) is 0 Å². The average Bonchev–Trinajstić information content (AvgIpc) is 3.14. The monoisotopic (exact) mass is 218 g/mol. The zero-order valence-corrected chi connectivity index (χ0v) is 10.9. The Labute approximate surface area is 101 Å². The molecule has 1 rings (SSSR count). The summed E-state index contributed by atoms with van der Waals surface area (Å²) >= 11 is 0. The molecule has 0 nitrogen and oxygen atoms in total. The van der Waals surface area contributed by atoms with Crippen molar-refractivity contribution >= 4 is 0 Å². The van der Waals surface area contributed by atoms with Crippen molar-refractivity contribution in [3.63, 3.8) is 0 Å². The maximum absolute atomic E-state index is 3.81. The maximum atomic E-state index is 3.81. The molecule has 16 heavy (non-hydrogen) atoms. The van der Waals surface area contributed by atoms with Crippen LogP contribution in [0.2, 0.25) is 0 Å². The minimum Gasteiger partial charge on any atom is -0.103 e. The number of allylic oxidation sites excluding steroid dienone is 6. The van der Waals surface area contributed by atoms with Crippen molar-refractivity contribution in [3.8, 4) is 0 Å². The van der Waals surface area contributed by atoms with E-state index in [1.807, 2.05) is 19.1 Å². The molecule has 0 heterocycles. The molecular weight excluding hydrogens is 192 g/mol. The molecule has 0 bridgehead atoms. The molecular formula is C16H26. The lowest BCUT2D eigenvalue weighted by molar-refractivity contribution is 0.729. The summed E-state index contributed by atoms with van der Waals surface area (Å²) in [6, 6.07) is 0. The molecule has 0 aromatic carbocycles. The van der Waals surface area contributed by atoms with Crippen LogP contribution in [0.4, 0.5) is 0 Å². The molecule has 0 radical (unpaired) electrons. The fourth-order valence-corrected chi connectivity index (χ4v) is 1.25. The van der Waals surface area contributed by atoms with E-state index in [4.69, 9.17) is 0 Å². The lowest BCUT2D eigenvalue weighted by Gasteiger charge is -1.98. The average molecular weight is 218 g/mol. The molecule has 0 heteroatoms. The van der Waals surface area contributed by atoms with Crippen LogP contribution in [0.15, 0.2) is 49.1 Å². The predicted molar refractivity (Wildman–Crippen MR) is 75.5 cm³/mol. The molecule has 0 aromatic rings. The SMILES string of the molecule is C=C/C(=C\C=C/C)CCC1CC1.C=CCC. The van der Waals surface area contributed by atoms with Crippen LogP contribution in [0.3, 0.4) is 0 Å². The summed E-state index contributed by atoms with van der Waals surface area (Å²) in [7, 11) is 0. The van der Waals surface area contributed by atoms with Gasteiger partial charge in [-0.25, -0.2) is 0 Å². The van der Waals surface area contributed by atoms with E-state index >= 15 is 0 Å². The van der Waals surface area contributed by atoms with E-state index in [-0.39, 0.29) is 0 Å². The summed E-state index contributed by atoms with van der Waals surface area (Å²) in [6.45, 7) is 11.4. The van der Waals surface area contributed by atoms with Crippen LogP contribution in [0, 0.1) is 5.92 Å². The van der Waals surface area contributed by atoms with Gasteiger partial charge in [0.15, 0.2) is 0 Å². The molecule has 0 unspecified atom stereocenters. The number of rotatable bonds is 6. The van der Waals surface area contributed by atoms with Crippen molar-refractivity contribution in [2.75, 3.05) is 0 Å². The topological polar surface area (TPSA) is 0 Å². The van der Waals surface area contributed by atoms with E-state index in [9.17, 15) is 0 Å². The first kappa shape index (κ1) is 15.0. The first-order valence-corrected chi connectivity index (χ1v) is 6.33. The largest absolute Gasteiger partial charge is 0.103 e. The number of hydrogen-bond donors (Lipinski definition) is 0. The highest BCUT2D eigenvalue weighted by Crippen LogP contribution is 2.34. The van der Waals surface area contributed by atoms with E-state index < -0.39 is 0 Å². The van der Waals surface area contributed by atoms with Crippen molar-refractivity contribution in [2.24, 2.45) is 5.92 Å². The van der Waals surface area contributed by atoms with Crippen LogP contribution in [-0.2, 0) is 0 Å². The van der Waals surface area contributed by atoms with Crippen molar-refractivity contribution in [2.45, 2.75) is 46.0 Å². The molecule has 1 aliphatic rings. The number of hydrogen-bond acceptors (Lipinski definition) is 0. The van der Waals surface area contributed by atoms with Gasteiger partial charge in [0.1, 0.15) is 0 Å². The van der Waals surface area contributed by atoms with Crippen molar-refractivity contribution < 1.29 is 0 Å². The third-order valence-corrected chi connectivity index (χ3v) is 2.59. The van der Waals surface area contributed by atoms with E-state index in [0.29, 0.717) is 0 Å².